The van der Waals surface area contributed by atoms with E-state index in [0.29, 0.717) is 11.9 Å². The molecule has 0 aliphatic heterocycles. The normalized spacial score (nSPS) is 12.2. The molecule has 1 heterocycles. The zero-order valence-corrected chi connectivity index (χ0v) is 10.3. The highest BCUT2D eigenvalue weighted by atomic mass is 32.2. The first-order valence-electron chi connectivity index (χ1n) is 5.06. The number of thioether (sulfide) groups is 1. The van der Waals surface area contributed by atoms with Crippen molar-refractivity contribution in [3.63, 3.8) is 0 Å². The lowest BCUT2D eigenvalue weighted by Gasteiger charge is -2.16. The van der Waals surface area contributed by atoms with Crippen molar-refractivity contribution in [3.05, 3.63) is 18.2 Å². The van der Waals surface area contributed by atoms with E-state index >= 15 is 0 Å². The van der Waals surface area contributed by atoms with Gasteiger partial charge >= 0.3 is 0 Å². The van der Waals surface area contributed by atoms with Gasteiger partial charge in [0.25, 0.3) is 0 Å². The summed E-state index contributed by atoms with van der Waals surface area (Å²) in [5, 5.41) is 3.39. The summed E-state index contributed by atoms with van der Waals surface area (Å²) in [4.78, 5) is 4.32. The fourth-order valence-corrected chi connectivity index (χ4v) is 2.00. The van der Waals surface area contributed by atoms with Crippen LogP contribution < -0.4 is 10.1 Å². The lowest BCUT2D eigenvalue weighted by atomic mass is 10.2. The number of rotatable bonds is 6. The zero-order chi connectivity index (χ0) is 11.1. The summed E-state index contributed by atoms with van der Waals surface area (Å²) in [7, 11) is 1.63. The molecule has 1 rings (SSSR count). The molecule has 0 aromatic carbocycles. The lowest BCUT2D eigenvalue weighted by Crippen LogP contribution is -2.21. The molecule has 0 aliphatic rings. The molecule has 0 spiro atoms. The molecule has 4 heteroatoms. The molecule has 0 radical (unpaired) electrons. The van der Waals surface area contributed by atoms with Crippen molar-refractivity contribution in [1.82, 2.24) is 4.98 Å². The smallest absolute Gasteiger partial charge is 0.214 e. The van der Waals surface area contributed by atoms with Gasteiger partial charge in [0.1, 0.15) is 5.82 Å². The fourth-order valence-electron chi connectivity index (χ4n) is 1.28. The van der Waals surface area contributed by atoms with Gasteiger partial charge in [0.05, 0.1) is 7.11 Å². The van der Waals surface area contributed by atoms with Crippen LogP contribution in [0.1, 0.15) is 13.3 Å². The predicted molar refractivity (Wildman–Crippen MR) is 66.9 cm³/mol. The molecule has 15 heavy (non-hydrogen) atoms. The van der Waals surface area contributed by atoms with Gasteiger partial charge in [-0.1, -0.05) is 13.0 Å². The van der Waals surface area contributed by atoms with Gasteiger partial charge in [-0.05, 0) is 18.7 Å². The number of pyridine rings is 1. The molecule has 1 aromatic rings. The van der Waals surface area contributed by atoms with Crippen LogP contribution in [0, 0.1) is 0 Å². The summed E-state index contributed by atoms with van der Waals surface area (Å²) in [5.41, 5.74) is 0. The number of anilines is 1. The van der Waals surface area contributed by atoms with E-state index in [1.54, 1.807) is 7.11 Å². The summed E-state index contributed by atoms with van der Waals surface area (Å²) in [5.74, 6) is 2.63. The Bertz CT molecular complexity index is 294. The van der Waals surface area contributed by atoms with Crippen LogP contribution in [0.4, 0.5) is 5.82 Å². The molecule has 0 fully saturated rings. The second kappa shape index (κ2) is 6.56. The van der Waals surface area contributed by atoms with Crippen LogP contribution in [-0.2, 0) is 0 Å². The Morgan fingerprint density at radius 2 is 2.33 bits per heavy atom. The Kier molecular flexibility index (Phi) is 5.32. The van der Waals surface area contributed by atoms with E-state index in [1.165, 1.54) is 0 Å². The minimum atomic E-state index is 0.472. The largest absolute Gasteiger partial charge is 0.481 e. The van der Waals surface area contributed by atoms with Crippen LogP contribution in [0.25, 0.3) is 0 Å². The maximum absolute atomic E-state index is 5.07. The van der Waals surface area contributed by atoms with E-state index in [2.05, 4.69) is 23.5 Å². The Labute approximate surface area is 95.6 Å². The standard InChI is InChI=1S/C11H18N2OS/c1-4-9(8-15-3)12-10-6-5-7-11(13-10)14-2/h5-7,9H,4,8H2,1-3H3,(H,12,13). The number of methoxy groups -OCH3 is 1. The summed E-state index contributed by atoms with van der Waals surface area (Å²) in [6, 6.07) is 6.23. The highest BCUT2D eigenvalue weighted by molar-refractivity contribution is 7.98. The molecule has 0 saturated heterocycles. The molecule has 1 N–H and O–H groups in total. The van der Waals surface area contributed by atoms with Crippen LogP contribution in [0.15, 0.2) is 18.2 Å². The zero-order valence-electron chi connectivity index (χ0n) is 9.49. The first-order chi connectivity index (χ1) is 7.30. The monoisotopic (exact) mass is 226 g/mol. The molecule has 0 amide bonds. The van der Waals surface area contributed by atoms with Crippen molar-refractivity contribution >= 4 is 17.6 Å². The second-order valence-electron chi connectivity index (χ2n) is 3.27. The maximum Gasteiger partial charge on any atom is 0.214 e. The number of ether oxygens (including phenoxy) is 1. The number of hydrogen-bond acceptors (Lipinski definition) is 4. The fraction of sp³-hybridized carbons (Fsp3) is 0.545. The van der Waals surface area contributed by atoms with Gasteiger partial charge in [-0.3, -0.25) is 0 Å². The summed E-state index contributed by atoms with van der Waals surface area (Å²) < 4.78 is 5.07. The van der Waals surface area contributed by atoms with Gasteiger partial charge < -0.3 is 10.1 Å². The third kappa shape index (κ3) is 4.00. The third-order valence-electron chi connectivity index (χ3n) is 2.15. The molecular weight excluding hydrogens is 208 g/mol. The van der Waals surface area contributed by atoms with E-state index in [9.17, 15) is 0 Å². The van der Waals surface area contributed by atoms with Crippen molar-refractivity contribution in [1.29, 1.82) is 0 Å². The first kappa shape index (κ1) is 12.2. The lowest BCUT2D eigenvalue weighted by molar-refractivity contribution is 0.398. The SMILES string of the molecule is CCC(CSC)Nc1cccc(OC)n1. The predicted octanol–water partition coefficient (Wildman–Crippen LogP) is 2.64. The van der Waals surface area contributed by atoms with E-state index in [4.69, 9.17) is 4.74 Å². The van der Waals surface area contributed by atoms with Gasteiger partial charge in [0.15, 0.2) is 0 Å². The van der Waals surface area contributed by atoms with Gasteiger partial charge in [-0.2, -0.15) is 16.7 Å². The molecule has 1 aromatic heterocycles. The van der Waals surface area contributed by atoms with Crippen LogP contribution in [0.3, 0.4) is 0 Å². The average molecular weight is 226 g/mol. The van der Waals surface area contributed by atoms with Crippen molar-refractivity contribution in [3.8, 4) is 5.88 Å². The van der Waals surface area contributed by atoms with E-state index in [1.807, 2.05) is 30.0 Å². The minimum absolute atomic E-state index is 0.472. The van der Waals surface area contributed by atoms with Crippen molar-refractivity contribution in [2.75, 3.05) is 24.4 Å². The second-order valence-corrected chi connectivity index (χ2v) is 4.18. The van der Waals surface area contributed by atoms with Gasteiger partial charge in [-0.25, -0.2) is 0 Å². The van der Waals surface area contributed by atoms with Gasteiger partial charge in [-0.15, -0.1) is 0 Å². The molecule has 3 nitrogen and oxygen atoms in total. The van der Waals surface area contributed by atoms with Gasteiger partial charge in [0.2, 0.25) is 5.88 Å². The average Bonchev–Trinajstić information content (AvgIpc) is 2.29. The van der Waals surface area contributed by atoms with Gasteiger partial charge in [0, 0.05) is 17.9 Å². The van der Waals surface area contributed by atoms with E-state index in [0.717, 1.165) is 18.0 Å². The summed E-state index contributed by atoms with van der Waals surface area (Å²) in [6.45, 7) is 2.17. The topological polar surface area (TPSA) is 34.1 Å². The highest BCUT2D eigenvalue weighted by Gasteiger charge is 2.06. The van der Waals surface area contributed by atoms with Crippen molar-refractivity contribution in [2.45, 2.75) is 19.4 Å². The molecule has 0 saturated carbocycles. The molecule has 1 unspecified atom stereocenters. The summed E-state index contributed by atoms with van der Waals surface area (Å²) in [6.07, 6.45) is 3.21. The molecule has 1 atom stereocenters. The number of nitrogens with zero attached hydrogens (tertiary/aromatic N) is 1. The Morgan fingerprint density at radius 1 is 1.53 bits per heavy atom. The van der Waals surface area contributed by atoms with Crippen molar-refractivity contribution in [2.24, 2.45) is 0 Å². The Hall–Kier alpha value is -0.900. The molecule has 84 valence electrons. The quantitative estimate of drug-likeness (QED) is 0.808. The van der Waals surface area contributed by atoms with Crippen LogP contribution in [0.2, 0.25) is 0 Å². The number of hydrogen-bond donors (Lipinski definition) is 1. The highest BCUT2D eigenvalue weighted by Crippen LogP contribution is 2.13. The Balaban J connectivity index is 2.61. The number of aromatic nitrogens is 1. The molecular formula is C11H18N2OS. The summed E-state index contributed by atoms with van der Waals surface area (Å²) >= 11 is 1.84. The number of nitrogens with one attached hydrogen (secondary N) is 1. The van der Waals surface area contributed by atoms with Crippen molar-refractivity contribution < 1.29 is 4.74 Å². The maximum atomic E-state index is 5.07. The Morgan fingerprint density at radius 3 is 2.93 bits per heavy atom. The third-order valence-corrected chi connectivity index (χ3v) is 2.88. The van der Waals surface area contributed by atoms with Crippen LogP contribution >= 0.6 is 11.8 Å². The first-order valence-corrected chi connectivity index (χ1v) is 6.46. The minimum Gasteiger partial charge on any atom is -0.481 e. The van der Waals surface area contributed by atoms with Crippen LogP contribution in [0.5, 0.6) is 5.88 Å². The van der Waals surface area contributed by atoms with E-state index in [-0.39, 0.29) is 0 Å². The molecule has 0 aliphatic carbocycles. The van der Waals surface area contributed by atoms with E-state index < -0.39 is 0 Å². The molecule has 0 bridgehead atoms. The van der Waals surface area contributed by atoms with Crippen LogP contribution in [-0.4, -0.2) is 30.1 Å².